The summed E-state index contributed by atoms with van der Waals surface area (Å²) < 4.78 is 15.5. The normalized spacial score (nSPS) is 11.9. The van der Waals surface area contributed by atoms with E-state index in [1.54, 1.807) is 12.1 Å². The van der Waals surface area contributed by atoms with Crippen molar-refractivity contribution in [1.82, 2.24) is 14.9 Å². The van der Waals surface area contributed by atoms with Crippen LogP contribution in [0.2, 0.25) is 0 Å². The van der Waals surface area contributed by atoms with Gasteiger partial charge >= 0.3 is 0 Å². The number of hydrogen-bond donors (Lipinski definition) is 1. The first-order valence-corrected chi connectivity index (χ1v) is 6.86. The topological polar surface area (TPSA) is 29.9 Å². The van der Waals surface area contributed by atoms with Crippen LogP contribution in [-0.2, 0) is 6.54 Å². The zero-order valence-electron chi connectivity index (χ0n) is 12.1. The third kappa shape index (κ3) is 3.13. The maximum Gasteiger partial charge on any atom is 0.125 e. The standard InChI is InChI=1S/C15H22FN3/c1-10(2)8-17-9-15-18-13-6-5-12(16)7-14(13)19(15)11(3)4/h5-7,10-11,17H,8-9H2,1-4H3. The Morgan fingerprint density at radius 3 is 2.63 bits per heavy atom. The third-order valence-electron chi connectivity index (χ3n) is 3.08. The molecule has 0 aliphatic carbocycles. The Bertz CT molecular complexity index is 558. The molecule has 0 radical (unpaired) electrons. The number of halogens is 1. The van der Waals surface area contributed by atoms with E-state index in [2.05, 4.69) is 42.6 Å². The summed E-state index contributed by atoms with van der Waals surface area (Å²) in [6, 6.07) is 5.04. The van der Waals surface area contributed by atoms with Crippen molar-refractivity contribution >= 4 is 11.0 Å². The lowest BCUT2D eigenvalue weighted by Crippen LogP contribution is -2.22. The Morgan fingerprint density at radius 2 is 2.00 bits per heavy atom. The number of hydrogen-bond acceptors (Lipinski definition) is 2. The molecule has 0 saturated carbocycles. The van der Waals surface area contributed by atoms with E-state index in [4.69, 9.17) is 0 Å². The van der Waals surface area contributed by atoms with Gasteiger partial charge in [-0.25, -0.2) is 9.37 Å². The summed E-state index contributed by atoms with van der Waals surface area (Å²) in [7, 11) is 0. The molecule has 0 aliphatic heterocycles. The first kappa shape index (κ1) is 14.0. The van der Waals surface area contributed by atoms with E-state index in [0.717, 1.165) is 23.4 Å². The van der Waals surface area contributed by atoms with Gasteiger partial charge in [0.2, 0.25) is 0 Å². The summed E-state index contributed by atoms with van der Waals surface area (Å²) in [6.07, 6.45) is 0. The summed E-state index contributed by atoms with van der Waals surface area (Å²) in [5.74, 6) is 1.36. The molecule has 0 fully saturated rings. The lowest BCUT2D eigenvalue weighted by Gasteiger charge is -2.14. The van der Waals surface area contributed by atoms with Crippen LogP contribution in [-0.4, -0.2) is 16.1 Å². The largest absolute Gasteiger partial charge is 0.324 e. The lowest BCUT2D eigenvalue weighted by atomic mass is 10.2. The molecule has 0 amide bonds. The van der Waals surface area contributed by atoms with E-state index >= 15 is 0 Å². The van der Waals surface area contributed by atoms with Crippen LogP contribution in [0.1, 0.15) is 39.6 Å². The summed E-state index contributed by atoms with van der Waals surface area (Å²) in [5.41, 5.74) is 1.73. The van der Waals surface area contributed by atoms with Gasteiger partial charge in [-0.05, 0) is 44.5 Å². The van der Waals surface area contributed by atoms with E-state index < -0.39 is 0 Å². The van der Waals surface area contributed by atoms with Crippen molar-refractivity contribution in [3.63, 3.8) is 0 Å². The molecule has 1 heterocycles. The Balaban J connectivity index is 2.34. The highest BCUT2D eigenvalue weighted by molar-refractivity contribution is 5.76. The summed E-state index contributed by atoms with van der Waals surface area (Å²) >= 11 is 0. The minimum absolute atomic E-state index is 0.212. The molecule has 2 aromatic rings. The molecule has 0 bridgehead atoms. The molecule has 0 atom stereocenters. The SMILES string of the molecule is CC(C)CNCc1nc2ccc(F)cc2n1C(C)C. The number of aromatic nitrogens is 2. The first-order valence-electron chi connectivity index (χ1n) is 6.86. The molecular weight excluding hydrogens is 241 g/mol. The van der Waals surface area contributed by atoms with Crippen LogP contribution >= 0.6 is 0 Å². The van der Waals surface area contributed by atoms with Crippen molar-refractivity contribution in [2.75, 3.05) is 6.54 Å². The van der Waals surface area contributed by atoms with Gasteiger partial charge < -0.3 is 9.88 Å². The van der Waals surface area contributed by atoms with Crippen LogP contribution < -0.4 is 5.32 Å². The van der Waals surface area contributed by atoms with Crippen LogP contribution in [0, 0.1) is 11.7 Å². The minimum Gasteiger partial charge on any atom is -0.324 e. The molecule has 4 heteroatoms. The van der Waals surface area contributed by atoms with Crippen LogP contribution in [0.4, 0.5) is 4.39 Å². The van der Waals surface area contributed by atoms with E-state index in [0.29, 0.717) is 12.5 Å². The fourth-order valence-electron chi connectivity index (χ4n) is 2.29. The molecule has 0 saturated heterocycles. The van der Waals surface area contributed by atoms with Gasteiger partial charge in [-0.15, -0.1) is 0 Å². The maximum atomic E-state index is 13.4. The number of nitrogens with zero attached hydrogens (tertiary/aromatic N) is 2. The number of benzene rings is 1. The molecule has 0 spiro atoms. The molecular formula is C15H22FN3. The highest BCUT2D eigenvalue weighted by atomic mass is 19.1. The summed E-state index contributed by atoms with van der Waals surface area (Å²) in [6.45, 7) is 10.2. The van der Waals surface area contributed by atoms with Crippen LogP contribution in [0.3, 0.4) is 0 Å². The van der Waals surface area contributed by atoms with Crippen molar-refractivity contribution in [1.29, 1.82) is 0 Å². The molecule has 104 valence electrons. The second-order valence-electron chi connectivity index (χ2n) is 5.65. The van der Waals surface area contributed by atoms with Crippen LogP contribution in [0.15, 0.2) is 18.2 Å². The van der Waals surface area contributed by atoms with Crippen molar-refractivity contribution in [3.05, 3.63) is 29.8 Å². The molecule has 1 aromatic heterocycles. The van der Waals surface area contributed by atoms with Crippen molar-refractivity contribution in [3.8, 4) is 0 Å². The van der Waals surface area contributed by atoms with Crippen molar-refractivity contribution < 1.29 is 4.39 Å². The van der Waals surface area contributed by atoms with Crippen molar-refractivity contribution in [2.24, 2.45) is 5.92 Å². The monoisotopic (exact) mass is 263 g/mol. The average molecular weight is 263 g/mol. The number of nitrogens with one attached hydrogen (secondary N) is 1. The van der Waals surface area contributed by atoms with Crippen molar-refractivity contribution in [2.45, 2.75) is 40.3 Å². The summed E-state index contributed by atoms with van der Waals surface area (Å²) in [4.78, 5) is 4.61. The van der Waals surface area contributed by atoms with E-state index in [1.165, 1.54) is 6.07 Å². The second-order valence-corrected chi connectivity index (χ2v) is 5.65. The zero-order chi connectivity index (χ0) is 14.0. The van der Waals surface area contributed by atoms with Gasteiger partial charge in [-0.1, -0.05) is 13.8 Å². The molecule has 0 unspecified atom stereocenters. The zero-order valence-corrected chi connectivity index (χ0v) is 12.1. The van der Waals surface area contributed by atoms with E-state index in [1.807, 2.05) is 0 Å². The Labute approximate surface area is 113 Å². The van der Waals surface area contributed by atoms with Crippen LogP contribution in [0.5, 0.6) is 0 Å². The lowest BCUT2D eigenvalue weighted by molar-refractivity contribution is 0.514. The molecule has 19 heavy (non-hydrogen) atoms. The molecule has 1 aromatic carbocycles. The van der Waals surface area contributed by atoms with Gasteiger partial charge in [-0.3, -0.25) is 0 Å². The van der Waals surface area contributed by atoms with Gasteiger partial charge in [0.25, 0.3) is 0 Å². The van der Waals surface area contributed by atoms with Gasteiger partial charge in [-0.2, -0.15) is 0 Å². The second kappa shape index (κ2) is 5.70. The smallest absolute Gasteiger partial charge is 0.125 e. The fourth-order valence-corrected chi connectivity index (χ4v) is 2.29. The van der Waals surface area contributed by atoms with Gasteiger partial charge in [0.05, 0.1) is 17.6 Å². The van der Waals surface area contributed by atoms with Gasteiger partial charge in [0.1, 0.15) is 11.6 Å². The Kier molecular flexibility index (Phi) is 4.20. The van der Waals surface area contributed by atoms with E-state index in [9.17, 15) is 4.39 Å². The Morgan fingerprint density at radius 1 is 1.26 bits per heavy atom. The average Bonchev–Trinajstić information content (AvgIpc) is 2.65. The molecule has 2 rings (SSSR count). The Hall–Kier alpha value is -1.42. The van der Waals surface area contributed by atoms with Gasteiger partial charge in [0, 0.05) is 6.04 Å². The molecule has 3 nitrogen and oxygen atoms in total. The fraction of sp³-hybridized carbons (Fsp3) is 0.533. The van der Waals surface area contributed by atoms with Gasteiger partial charge in [0.15, 0.2) is 0 Å². The third-order valence-corrected chi connectivity index (χ3v) is 3.08. The number of imidazole rings is 1. The quantitative estimate of drug-likeness (QED) is 0.894. The minimum atomic E-state index is -0.212. The maximum absolute atomic E-state index is 13.4. The van der Waals surface area contributed by atoms with Crippen LogP contribution in [0.25, 0.3) is 11.0 Å². The highest BCUT2D eigenvalue weighted by Crippen LogP contribution is 2.22. The molecule has 0 aliphatic rings. The number of fused-ring (bicyclic) bond motifs is 1. The highest BCUT2D eigenvalue weighted by Gasteiger charge is 2.13. The van der Waals surface area contributed by atoms with E-state index in [-0.39, 0.29) is 11.9 Å². The molecule has 1 N–H and O–H groups in total. The summed E-state index contributed by atoms with van der Waals surface area (Å²) in [5, 5.41) is 3.39. The number of rotatable bonds is 5. The predicted octanol–water partition coefficient (Wildman–Crippen LogP) is 3.50. The first-order chi connectivity index (χ1) is 8.99. The predicted molar refractivity (Wildman–Crippen MR) is 76.6 cm³/mol.